The first-order chi connectivity index (χ1) is 11.7. The van der Waals surface area contributed by atoms with Crippen LogP contribution in [0.25, 0.3) is 11.0 Å². The van der Waals surface area contributed by atoms with E-state index in [1.54, 1.807) is 0 Å². The lowest BCUT2D eigenvalue weighted by molar-refractivity contribution is 0.171. The molecule has 1 unspecified atom stereocenters. The fourth-order valence-corrected chi connectivity index (χ4v) is 3.17. The quantitative estimate of drug-likeness (QED) is 0.774. The van der Waals surface area contributed by atoms with Gasteiger partial charge in [0.15, 0.2) is 11.5 Å². The standard InChI is InChI=1S/C20H21NO3/c1-13-16-5-3-4-6-17(16)24-20(13)14(2)21-12-15-7-8-18-19(11-15)23-10-9-22-18/h3-8,11,14,21H,9-10,12H2,1-2H3. The highest BCUT2D eigenvalue weighted by atomic mass is 16.6. The van der Waals surface area contributed by atoms with Crippen molar-refractivity contribution >= 4 is 11.0 Å². The maximum absolute atomic E-state index is 6.03. The number of fused-ring (bicyclic) bond motifs is 2. The molecular weight excluding hydrogens is 302 g/mol. The van der Waals surface area contributed by atoms with Gasteiger partial charge in [0, 0.05) is 11.9 Å². The Morgan fingerprint density at radius 2 is 1.83 bits per heavy atom. The van der Waals surface area contributed by atoms with Gasteiger partial charge in [-0.25, -0.2) is 0 Å². The van der Waals surface area contributed by atoms with Crippen LogP contribution in [0, 0.1) is 6.92 Å². The average Bonchev–Trinajstić information content (AvgIpc) is 2.97. The Hall–Kier alpha value is -2.46. The van der Waals surface area contributed by atoms with Crippen molar-refractivity contribution in [3.8, 4) is 11.5 Å². The molecule has 1 aliphatic rings. The van der Waals surface area contributed by atoms with Crippen LogP contribution in [0.1, 0.15) is 29.9 Å². The van der Waals surface area contributed by atoms with Gasteiger partial charge in [0.05, 0.1) is 6.04 Å². The number of benzene rings is 2. The second-order valence-corrected chi connectivity index (χ2v) is 6.17. The topological polar surface area (TPSA) is 43.6 Å². The maximum atomic E-state index is 6.03. The Bertz CT molecular complexity index is 868. The van der Waals surface area contributed by atoms with Crippen molar-refractivity contribution in [2.24, 2.45) is 0 Å². The van der Waals surface area contributed by atoms with Gasteiger partial charge < -0.3 is 19.2 Å². The second kappa shape index (κ2) is 6.21. The molecule has 4 heteroatoms. The molecule has 2 heterocycles. The van der Waals surface area contributed by atoms with E-state index < -0.39 is 0 Å². The number of rotatable bonds is 4. The minimum Gasteiger partial charge on any atom is -0.486 e. The normalized spacial score (nSPS) is 14.8. The third kappa shape index (κ3) is 2.74. The van der Waals surface area contributed by atoms with Gasteiger partial charge in [-0.15, -0.1) is 0 Å². The number of hydrogen-bond acceptors (Lipinski definition) is 4. The number of hydrogen-bond donors (Lipinski definition) is 1. The first-order valence-corrected chi connectivity index (χ1v) is 8.32. The molecule has 0 radical (unpaired) electrons. The van der Waals surface area contributed by atoms with Gasteiger partial charge in [-0.1, -0.05) is 24.3 Å². The van der Waals surface area contributed by atoms with E-state index in [0.717, 1.165) is 29.4 Å². The highest BCUT2D eigenvalue weighted by molar-refractivity contribution is 5.82. The van der Waals surface area contributed by atoms with Crippen LogP contribution in [0.4, 0.5) is 0 Å². The van der Waals surface area contributed by atoms with Crippen molar-refractivity contribution in [1.82, 2.24) is 5.32 Å². The van der Waals surface area contributed by atoms with Gasteiger partial charge >= 0.3 is 0 Å². The highest BCUT2D eigenvalue weighted by Crippen LogP contribution is 2.32. The van der Waals surface area contributed by atoms with Crippen LogP contribution in [0.15, 0.2) is 46.9 Å². The average molecular weight is 323 g/mol. The Kier molecular flexibility index (Phi) is 3.90. The molecule has 0 aliphatic carbocycles. The third-order valence-electron chi connectivity index (χ3n) is 4.49. The van der Waals surface area contributed by atoms with E-state index >= 15 is 0 Å². The zero-order valence-corrected chi connectivity index (χ0v) is 14.0. The number of para-hydroxylation sites is 1. The number of ether oxygens (including phenoxy) is 2. The number of furan rings is 1. The van der Waals surface area contributed by atoms with Crippen LogP contribution >= 0.6 is 0 Å². The molecule has 0 spiro atoms. The fourth-order valence-electron chi connectivity index (χ4n) is 3.17. The molecule has 1 aromatic heterocycles. The summed E-state index contributed by atoms with van der Waals surface area (Å²) in [7, 11) is 0. The van der Waals surface area contributed by atoms with E-state index in [1.165, 1.54) is 16.5 Å². The molecule has 2 aromatic carbocycles. The lowest BCUT2D eigenvalue weighted by atomic mass is 10.1. The summed E-state index contributed by atoms with van der Waals surface area (Å²) in [6.07, 6.45) is 0. The summed E-state index contributed by atoms with van der Waals surface area (Å²) in [5, 5.41) is 4.71. The molecule has 1 N–H and O–H groups in total. The lowest BCUT2D eigenvalue weighted by Gasteiger charge is -2.19. The zero-order chi connectivity index (χ0) is 16.5. The second-order valence-electron chi connectivity index (χ2n) is 6.17. The number of aryl methyl sites for hydroxylation is 1. The van der Waals surface area contributed by atoms with Crippen molar-refractivity contribution in [2.75, 3.05) is 13.2 Å². The van der Waals surface area contributed by atoms with Crippen molar-refractivity contribution in [3.63, 3.8) is 0 Å². The Balaban J connectivity index is 1.49. The molecule has 0 fully saturated rings. The van der Waals surface area contributed by atoms with Gasteiger partial charge in [-0.3, -0.25) is 0 Å². The van der Waals surface area contributed by atoms with Gasteiger partial charge in [0.1, 0.15) is 24.6 Å². The zero-order valence-electron chi connectivity index (χ0n) is 14.0. The van der Waals surface area contributed by atoms with Crippen molar-refractivity contribution in [3.05, 3.63) is 59.4 Å². The van der Waals surface area contributed by atoms with E-state index in [9.17, 15) is 0 Å². The first kappa shape index (κ1) is 15.1. The van der Waals surface area contributed by atoms with Gasteiger partial charge in [-0.2, -0.15) is 0 Å². The third-order valence-corrected chi connectivity index (χ3v) is 4.49. The summed E-state index contributed by atoms with van der Waals surface area (Å²) >= 11 is 0. The van der Waals surface area contributed by atoms with Gasteiger partial charge in [0.2, 0.25) is 0 Å². The first-order valence-electron chi connectivity index (χ1n) is 8.32. The van der Waals surface area contributed by atoms with E-state index in [0.29, 0.717) is 13.2 Å². The minimum absolute atomic E-state index is 0.130. The van der Waals surface area contributed by atoms with E-state index in [-0.39, 0.29) is 6.04 Å². The summed E-state index contributed by atoms with van der Waals surface area (Å²) in [6.45, 7) is 6.21. The molecule has 124 valence electrons. The van der Waals surface area contributed by atoms with Gasteiger partial charge in [0.25, 0.3) is 0 Å². The van der Waals surface area contributed by atoms with E-state index in [4.69, 9.17) is 13.9 Å². The van der Waals surface area contributed by atoms with Crippen molar-refractivity contribution in [2.45, 2.75) is 26.4 Å². The Morgan fingerprint density at radius 3 is 2.67 bits per heavy atom. The van der Waals surface area contributed by atoms with Crippen LogP contribution in [0.3, 0.4) is 0 Å². The van der Waals surface area contributed by atoms with Crippen molar-refractivity contribution < 1.29 is 13.9 Å². The van der Waals surface area contributed by atoms with Crippen LogP contribution < -0.4 is 14.8 Å². The van der Waals surface area contributed by atoms with Gasteiger partial charge in [-0.05, 0) is 43.2 Å². The molecule has 0 bridgehead atoms. The molecule has 1 atom stereocenters. The van der Waals surface area contributed by atoms with Crippen molar-refractivity contribution in [1.29, 1.82) is 0 Å². The number of nitrogens with one attached hydrogen (secondary N) is 1. The summed E-state index contributed by atoms with van der Waals surface area (Å²) in [5.74, 6) is 2.65. The summed E-state index contributed by atoms with van der Waals surface area (Å²) < 4.78 is 17.2. The van der Waals surface area contributed by atoms with E-state index in [1.807, 2.05) is 30.3 Å². The van der Waals surface area contributed by atoms with Crippen LogP contribution in [0.5, 0.6) is 11.5 Å². The van der Waals surface area contributed by atoms with Crippen LogP contribution in [-0.4, -0.2) is 13.2 Å². The molecule has 0 saturated carbocycles. The lowest BCUT2D eigenvalue weighted by Crippen LogP contribution is -2.19. The van der Waals surface area contributed by atoms with E-state index in [2.05, 4.69) is 31.3 Å². The molecule has 24 heavy (non-hydrogen) atoms. The fraction of sp³-hybridized carbons (Fsp3) is 0.300. The molecular formula is C20H21NO3. The van der Waals surface area contributed by atoms with Crippen LogP contribution in [0.2, 0.25) is 0 Å². The summed E-state index contributed by atoms with van der Waals surface area (Å²) in [6, 6.07) is 14.4. The molecule has 1 aliphatic heterocycles. The predicted molar refractivity (Wildman–Crippen MR) is 93.6 cm³/mol. The molecule has 0 amide bonds. The van der Waals surface area contributed by atoms with Crippen LogP contribution in [-0.2, 0) is 6.54 Å². The Morgan fingerprint density at radius 1 is 1.04 bits per heavy atom. The Labute approximate surface area is 141 Å². The minimum atomic E-state index is 0.130. The predicted octanol–water partition coefficient (Wildman–Crippen LogP) is 4.36. The maximum Gasteiger partial charge on any atom is 0.161 e. The SMILES string of the molecule is Cc1c(C(C)NCc2ccc3c(c2)OCCO3)oc2ccccc12. The molecule has 4 rings (SSSR count). The largest absolute Gasteiger partial charge is 0.486 e. The monoisotopic (exact) mass is 323 g/mol. The summed E-state index contributed by atoms with van der Waals surface area (Å²) in [5.41, 5.74) is 3.31. The molecule has 0 saturated heterocycles. The smallest absolute Gasteiger partial charge is 0.161 e. The molecule has 4 nitrogen and oxygen atoms in total. The molecule has 3 aromatic rings. The summed E-state index contributed by atoms with van der Waals surface area (Å²) in [4.78, 5) is 0. The highest BCUT2D eigenvalue weighted by Gasteiger charge is 2.17.